The Hall–Kier alpha value is -1.28. The summed E-state index contributed by atoms with van der Waals surface area (Å²) < 4.78 is 23.6. The second-order valence-corrected chi connectivity index (χ2v) is 8.42. The quantitative estimate of drug-likeness (QED) is 0.622. The summed E-state index contributed by atoms with van der Waals surface area (Å²) in [6.07, 6.45) is 2.05. The highest BCUT2D eigenvalue weighted by molar-refractivity contribution is 8.00. The van der Waals surface area contributed by atoms with Crippen molar-refractivity contribution in [2.45, 2.75) is 23.5 Å². The van der Waals surface area contributed by atoms with E-state index in [4.69, 9.17) is 0 Å². The summed E-state index contributed by atoms with van der Waals surface area (Å²) in [7, 11) is -3.63. The van der Waals surface area contributed by atoms with Crippen molar-refractivity contribution < 1.29 is 13.3 Å². The molecule has 0 spiro atoms. The van der Waals surface area contributed by atoms with E-state index in [0.29, 0.717) is 5.25 Å². The Labute approximate surface area is 128 Å². The smallest absolute Gasteiger partial charge is 0.288 e. The van der Waals surface area contributed by atoms with Crippen molar-refractivity contribution >= 4 is 33.0 Å². The molecule has 1 atom stereocenters. The van der Waals surface area contributed by atoms with Crippen LogP contribution in [0.5, 0.6) is 0 Å². The van der Waals surface area contributed by atoms with E-state index in [-0.39, 0.29) is 10.6 Å². The molecule has 0 N–H and O–H groups in total. The van der Waals surface area contributed by atoms with Crippen LogP contribution in [0, 0.1) is 10.1 Å². The van der Waals surface area contributed by atoms with E-state index in [2.05, 4.69) is 11.8 Å². The molecule has 0 saturated carbocycles. The van der Waals surface area contributed by atoms with Crippen LogP contribution in [0.25, 0.3) is 0 Å². The third kappa shape index (κ3) is 3.68. The van der Waals surface area contributed by atoms with Gasteiger partial charge >= 0.3 is 0 Å². The minimum atomic E-state index is -3.63. The Kier molecular flexibility index (Phi) is 4.77. The first-order chi connectivity index (χ1) is 9.82. The van der Waals surface area contributed by atoms with Crippen molar-refractivity contribution in [2.24, 2.45) is 0 Å². The van der Waals surface area contributed by atoms with Gasteiger partial charge in [-0.2, -0.15) is 11.8 Å². The third-order valence-corrected chi connectivity index (χ3v) is 6.00. The van der Waals surface area contributed by atoms with Gasteiger partial charge < -0.3 is 4.90 Å². The molecule has 0 aliphatic carbocycles. The van der Waals surface area contributed by atoms with Crippen LogP contribution in [-0.4, -0.2) is 43.7 Å². The summed E-state index contributed by atoms with van der Waals surface area (Å²) in [4.78, 5) is 12.2. The molecule has 0 amide bonds. The number of nitro groups is 1. The minimum Gasteiger partial charge on any atom is -0.370 e. The van der Waals surface area contributed by atoms with E-state index in [1.54, 1.807) is 6.07 Å². The maximum absolute atomic E-state index is 11.8. The lowest BCUT2D eigenvalue weighted by atomic mass is 10.2. The normalized spacial score (nSPS) is 19.5. The highest BCUT2D eigenvalue weighted by atomic mass is 32.2. The van der Waals surface area contributed by atoms with Gasteiger partial charge in [0, 0.05) is 42.1 Å². The van der Waals surface area contributed by atoms with Gasteiger partial charge in [-0.25, -0.2) is 8.42 Å². The molecule has 2 rings (SSSR count). The molecule has 8 heteroatoms. The molecule has 1 aromatic carbocycles. The standard InChI is InChI=1S/C13H18N2O4S2/c1-3-11-9-14(6-7-20-11)10-4-5-12(15(16)17)13(8-10)21(2,18)19/h4-5,8,11H,3,6-7,9H2,1-2H3. The van der Waals surface area contributed by atoms with E-state index in [0.717, 1.165) is 37.2 Å². The number of nitro benzene ring substituents is 1. The van der Waals surface area contributed by atoms with Crippen LogP contribution < -0.4 is 4.90 Å². The van der Waals surface area contributed by atoms with Gasteiger partial charge in [0.1, 0.15) is 4.90 Å². The molecule has 0 aromatic heterocycles. The number of benzene rings is 1. The van der Waals surface area contributed by atoms with Gasteiger partial charge in [-0.1, -0.05) is 6.92 Å². The van der Waals surface area contributed by atoms with E-state index in [1.807, 2.05) is 11.8 Å². The zero-order valence-electron chi connectivity index (χ0n) is 12.0. The van der Waals surface area contributed by atoms with Gasteiger partial charge in [-0.3, -0.25) is 10.1 Å². The van der Waals surface area contributed by atoms with Gasteiger partial charge in [-0.05, 0) is 18.6 Å². The lowest BCUT2D eigenvalue weighted by Gasteiger charge is -2.33. The lowest BCUT2D eigenvalue weighted by molar-refractivity contribution is -0.387. The summed E-state index contributed by atoms with van der Waals surface area (Å²) in [5, 5.41) is 11.5. The predicted octanol–water partition coefficient (Wildman–Crippen LogP) is 2.33. The van der Waals surface area contributed by atoms with E-state index >= 15 is 0 Å². The van der Waals surface area contributed by atoms with Crippen molar-refractivity contribution in [1.29, 1.82) is 0 Å². The van der Waals surface area contributed by atoms with Crippen molar-refractivity contribution in [1.82, 2.24) is 0 Å². The van der Waals surface area contributed by atoms with E-state index in [1.165, 1.54) is 12.1 Å². The molecule has 1 saturated heterocycles. The average Bonchev–Trinajstić information content (AvgIpc) is 2.45. The molecule has 1 aliphatic heterocycles. The SMILES string of the molecule is CCC1CN(c2ccc([N+](=O)[O-])c(S(C)(=O)=O)c2)CCS1. The molecule has 1 aromatic rings. The van der Waals surface area contributed by atoms with Crippen LogP contribution in [0.2, 0.25) is 0 Å². The highest BCUT2D eigenvalue weighted by Crippen LogP contribution is 2.31. The zero-order chi connectivity index (χ0) is 15.6. The van der Waals surface area contributed by atoms with Crippen LogP contribution in [-0.2, 0) is 9.84 Å². The summed E-state index contributed by atoms with van der Waals surface area (Å²) in [5.41, 5.74) is 0.374. The molecule has 0 radical (unpaired) electrons. The highest BCUT2D eigenvalue weighted by Gasteiger charge is 2.25. The molecule has 6 nitrogen and oxygen atoms in total. The van der Waals surface area contributed by atoms with Crippen LogP contribution >= 0.6 is 11.8 Å². The molecule has 1 aliphatic rings. The zero-order valence-corrected chi connectivity index (χ0v) is 13.6. The Morgan fingerprint density at radius 2 is 2.19 bits per heavy atom. The second-order valence-electron chi connectivity index (χ2n) is 5.03. The molecule has 1 heterocycles. The van der Waals surface area contributed by atoms with Crippen molar-refractivity contribution in [3.05, 3.63) is 28.3 Å². The number of nitrogens with zero attached hydrogens (tertiary/aromatic N) is 2. The Morgan fingerprint density at radius 3 is 2.76 bits per heavy atom. The first-order valence-corrected chi connectivity index (χ1v) is 9.62. The molecule has 116 valence electrons. The van der Waals surface area contributed by atoms with Crippen molar-refractivity contribution in [3.8, 4) is 0 Å². The summed E-state index contributed by atoms with van der Waals surface area (Å²) in [5.74, 6) is 0.976. The number of sulfone groups is 1. The Bertz CT molecular complexity index is 646. The van der Waals surface area contributed by atoms with Gasteiger partial charge in [0.2, 0.25) is 0 Å². The largest absolute Gasteiger partial charge is 0.370 e. The topological polar surface area (TPSA) is 80.5 Å². The molecule has 0 bridgehead atoms. The Morgan fingerprint density at radius 1 is 1.48 bits per heavy atom. The fourth-order valence-corrected chi connectivity index (χ4v) is 4.39. The number of thioether (sulfide) groups is 1. The van der Waals surface area contributed by atoms with Gasteiger partial charge in [0.15, 0.2) is 9.84 Å². The number of rotatable bonds is 4. The monoisotopic (exact) mass is 330 g/mol. The second kappa shape index (κ2) is 6.23. The molecule has 1 unspecified atom stereocenters. The summed E-state index contributed by atoms with van der Waals surface area (Å²) in [6, 6.07) is 4.35. The van der Waals surface area contributed by atoms with Crippen LogP contribution in [0.15, 0.2) is 23.1 Å². The fraction of sp³-hybridized carbons (Fsp3) is 0.538. The predicted molar refractivity (Wildman–Crippen MR) is 85.0 cm³/mol. The molecular formula is C13H18N2O4S2. The summed E-state index contributed by atoms with van der Waals surface area (Å²) in [6.45, 7) is 3.78. The Balaban J connectivity index is 2.40. The minimum absolute atomic E-state index is 0.212. The number of anilines is 1. The number of hydrogen-bond acceptors (Lipinski definition) is 6. The van der Waals surface area contributed by atoms with Crippen molar-refractivity contribution in [3.63, 3.8) is 0 Å². The fourth-order valence-electron chi connectivity index (χ4n) is 2.35. The van der Waals surface area contributed by atoms with Gasteiger partial charge in [-0.15, -0.1) is 0 Å². The summed E-state index contributed by atoms with van der Waals surface area (Å²) >= 11 is 1.91. The van der Waals surface area contributed by atoms with Crippen LogP contribution in [0.1, 0.15) is 13.3 Å². The first kappa shape index (κ1) is 16.1. The van der Waals surface area contributed by atoms with Gasteiger partial charge in [0.05, 0.1) is 4.92 Å². The molecule has 1 fully saturated rings. The number of hydrogen-bond donors (Lipinski definition) is 0. The van der Waals surface area contributed by atoms with Crippen LogP contribution in [0.4, 0.5) is 11.4 Å². The van der Waals surface area contributed by atoms with E-state index < -0.39 is 14.8 Å². The third-order valence-electron chi connectivity index (χ3n) is 3.50. The van der Waals surface area contributed by atoms with Crippen LogP contribution in [0.3, 0.4) is 0 Å². The average molecular weight is 330 g/mol. The van der Waals surface area contributed by atoms with Crippen molar-refractivity contribution in [2.75, 3.05) is 30.0 Å². The molecule has 21 heavy (non-hydrogen) atoms. The maximum Gasteiger partial charge on any atom is 0.288 e. The first-order valence-electron chi connectivity index (χ1n) is 6.68. The maximum atomic E-state index is 11.8. The molecular weight excluding hydrogens is 312 g/mol. The van der Waals surface area contributed by atoms with Gasteiger partial charge in [0.25, 0.3) is 5.69 Å². The van der Waals surface area contributed by atoms with E-state index in [9.17, 15) is 18.5 Å². The lowest BCUT2D eigenvalue weighted by Crippen LogP contribution is -2.37.